The number of hydrogen-bond donors (Lipinski definition) is 1. The van der Waals surface area contributed by atoms with Crippen molar-refractivity contribution in [1.82, 2.24) is 0 Å². The normalized spacial score (nSPS) is 53.6. The predicted octanol–water partition coefficient (Wildman–Crippen LogP) is 5.78. The number of ether oxygens (including phenoxy) is 1. The zero-order valence-electron chi connectivity index (χ0n) is 19.8. The summed E-state index contributed by atoms with van der Waals surface area (Å²) in [6, 6.07) is 0. The number of ketones is 1. The molecular formula is C27H44O3. The molecule has 0 radical (unpaired) electrons. The van der Waals surface area contributed by atoms with Crippen molar-refractivity contribution < 1.29 is 14.6 Å². The molecule has 0 bridgehead atoms. The third-order valence-electron chi connectivity index (χ3n) is 11.3. The number of aliphatic hydroxyl groups excluding tert-OH is 1. The third kappa shape index (κ3) is 3.33. The number of fused-ring (bicyclic) bond motifs is 5. The standard InChI is InChI=1S/C27H44O3/c1-17(6-5-11-25(2)16-30-25)20-7-8-21-24-22(10-13-27(20,21)4)26(3)12-9-19(28)14-18(26)15-23(24)29/h17-18,20-24,29H,5-16H2,1-4H3/t17-,18?,20-,21+,22+,23?,24+,25?,26+,27-/m1/s1. The summed E-state index contributed by atoms with van der Waals surface area (Å²) in [5.74, 6) is 4.20. The summed E-state index contributed by atoms with van der Waals surface area (Å²) in [6.07, 6.45) is 12.3. The van der Waals surface area contributed by atoms with Gasteiger partial charge in [0, 0.05) is 12.8 Å². The van der Waals surface area contributed by atoms with Gasteiger partial charge in [0.15, 0.2) is 0 Å². The van der Waals surface area contributed by atoms with Crippen LogP contribution in [-0.4, -0.2) is 29.2 Å². The molecule has 30 heavy (non-hydrogen) atoms. The molecule has 5 aliphatic rings. The Balaban J connectivity index is 1.31. The Hall–Kier alpha value is -0.410. The highest BCUT2D eigenvalue weighted by atomic mass is 16.6. The molecule has 170 valence electrons. The second-order valence-corrected chi connectivity index (χ2v) is 12.9. The van der Waals surface area contributed by atoms with E-state index in [4.69, 9.17) is 4.74 Å². The summed E-state index contributed by atoms with van der Waals surface area (Å²) in [5, 5.41) is 11.3. The van der Waals surface area contributed by atoms with Crippen molar-refractivity contribution in [3.05, 3.63) is 0 Å². The largest absolute Gasteiger partial charge is 0.393 e. The van der Waals surface area contributed by atoms with Crippen LogP contribution in [0.2, 0.25) is 0 Å². The van der Waals surface area contributed by atoms with Gasteiger partial charge in [-0.25, -0.2) is 0 Å². The van der Waals surface area contributed by atoms with Crippen LogP contribution in [0.25, 0.3) is 0 Å². The van der Waals surface area contributed by atoms with Crippen LogP contribution in [-0.2, 0) is 9.53 Å². The second kappa shape index (κ2) is 7.30. The minimum atomic E-state index is -0.190. The van der Waals surface area contributed by atoms with Crippen molar-refractivity contribution in [3.8, 4) is 0 Å². The molecule has 3 heteroatoms. The van der Waals surface area contributed by atoms with Crippen LogP contribution in [0.15, 0.2) is 0 Å². The van der Waals surface area contributed by atoms with Gasteiger partial charge in [-0.2, -0.15) is 0 Å². The highest BCUT2D eigenvalue weighted by Gasteiger charge is 2.62. The lowest BCUT2D eigenvalue weighted by molar-refractivity contribution is -0.168. The summed E-state index contributed by atoms with van der Waals surface area (Å²) >= 11 is 0. The van der Waals surface area contributed by atoms with E-state index in [1.54, 1.807) is 0 Å². The molecule has 0 amide bonds. The average Bonchev–Trinajstić information content (AvgIpc) is 3.31. The maximum absolute atomic E-state index is 12.1. The van der Waals surface area contributed by atoms with Gasteiger partial charge in [-0.15, -0.1) is 0 Å². The van der Waals surface area contributed by atoms with Gasteiger partial charge >= 0.3 is 0 Å². The summed E-state index contributed by atoms with van der Waals surface area (Å²) in [4.78, 5) is 12.1. The Kier molecular flexibility index (Phi) is 5.22. The van der Waals surface area contributed by atoms with Crippen molar-refractivity contribution in [3.63, 3.8) is 0 Å². The monoisotopic (exact) mass is 416 g/mol. The van der Waals surface area contributed by atoms with Crippen molar-refractivity contribution in [2.75, 3.05) is 6.61 Å². The Bertz CT molecular complexity index is 684. The van der Waals surface area contributed by atoms with E-state index in [-0.39, 0.29) is 17.1 Å². The molecule has 1 aliphatic heterocycles. The molecule has 4 aliphatic carbocycles. The van der Waals surface area contributed by atoms with Crippen molar-refractivity contribution in [2.45, 2.75) is 110 Å². The molecule has 1 saturated heterocycles. The topological polar surface area (TPSA) is 49.8 Å². The van der Waals surface area contributed by atoms with Crippen LogP contribution in [0.5, 0.6) is 0 Å². The van der Waals surface area contributed by atoms with Gasteiger partial charge in [-0.05, 0) is 98.2 Å². The maximum atomic E-state index is 12.1. The average molecular weight is 417 g/mol. The fourth-order valence-corrected chi connectivity index (χ4v) is 9.25. The van der Waals surface area contributed by atoms with Gasteiger partial charge in [0.25, 0.3) is 0 Å². The van der Waals surface area contributed by atoms with Crippen molar-refractivity contribution in [2.24, 2.45) is 46.3 Å². The summed E-state index contributed by atoms with van der Waals surface area (Å²) in [7, 11) is 0. The van der Waals surface area contributed by atoms with E-state index in [1.165, 1.54) is 44.9 Å². The molecule has 4 saturated carbocycles. The highest BCUT2D eigenvalue weighted by molar-refractivity contribution is 5.79. The molecule has 0 aromatic carbocycles. The Morgan fingerprint density at radius 2 is 1.83 bits per heavy atom. The smallest absolute Gasteiger partial charge is 0.133 e. The number of aliphatic hydroxyl groups is 1. The zero-order valence-corrected chi connectivity index (χ0v) is 19.8. The molecule has 0 spiro atoms. The molecule has 10 atom stereocenters. The first-order valence-corrected chi connectivity index (χ1v) is 13.0. The summed E-state index contributed by atoms with van der Waals surface area (Å²) in [6.45, 7) is 10.8. The molecular weight excluding hydrogens is 372 g/mol. The molecule has 5 rings (SSSR count). The summed E-state index contributed by atoms with van der Waals surface area (Å²) < 4.78 is 5.59. The van der Waals surface area contributed by atoms with Crippen LogP contribution in [0.3, 0.4) is 0 Å². The van der Waals surface area contributed by atoms with E-state index >= 15 is 0 Å². The van der Waals surface area contributed by atoms with Crippen molar-refractivity contribution >= 4 is 5.78 Å². The number of carbonyl (C=O) groups excluding carboxylic acids is 1. The van der Waals surface area contributed by atoms with Gasteiger partial charge in [0.1, 0.15) is 5.78 Å². The first-order valence-electron chi connectivity index (χ1n) is 13.0. The minimum absolute atomic E-state index is 0.190. The lowest BCUT2D eigenvalue weighted by Gasteiger charge is -2.62. The molecule has 5 fully saturated rings. The van der Waals surface area contributed by atoms with E-state index in [9.17, 15) is 9.90 Å². The Morgan fingerprint density at radius 3 is 2.57 bits per heavy atom. The molecule has 3 unspecified atom stereocenters. The van der Waals surface area contributed by atoms with E-state index in [1.807, 2.05) is 0 Å². The second-order valence-electron chi connectivity index (χ2n) is 12.9. The fourth-order valence-electron chi connectivity index (χ4n) is 9.25. The van der Waals surface area contributed by atoms with E-state index in [2.05, 4.69) is 27.7 Å². The van der Waals surface area contributed by atoms with E-state index in [0.717, 1.165) is 44.1 Å². The minimum Gasteiger partial charge on any atom is -0.393 e. The van der Waals surface area contributed by atoms with Crippen molar-refractivity contribution in [1.29, 1.82) is 0 Å². The van der Waals surface area contributed by atoms with Crippen LogP contribution in [0, 0.1) is 46.3 Å². The predicted molar refractivity (Wildman–Crippen MR) is 119 cm³/mol. The molecule has 1 heterocycles. The number of carbonyl (C=O) groups is 1. The van der Waals surface area contributed by atoms with Crippen LogP contribution < -0.4 is 0 Å². The SMILES string of the molecule is C[C@H](CCCC1(C)CO1)[C@H]1CC[C@H]2[C@@H]3C(O)CC4CC(=O)CC[C@]4(C)[C@H]3CC[C@]12C. The van der Waals surface area contributed by atoms with Gasteiger partial charge in [0.2, 0.25) is 0 Å². The van der Waals surface area contributed by atoms with E-state index < -0.39 is 0 Å². The van der Waals surface area contributed by atoms with E-state index in [0.29, 0.717) is 34.9 Å². The molecule has 1 N–H and O–H groups in total. The Labute approximate surface area is 183 Å². The first kappa shape index (κ1) is 21.4. The summed E-state index contributed by atoms with van der Waals surface area (Å²) in [5.41, 5.74) is 0.872. The quantitative estimate of drug-likeness (QED) is 0.578. The molecule has 0 aromatic heterocycles. The van der Waals surface area contributed by atoms with Crippen LogP contribution >= 0.6 is 0 Å². The lowest BCUT2D eigenvalue weighted by Crippen LogP contribution is -2.58. The fraction of sp³-hybridized carbons (Fsp3) is 0.963. The molecule has 3 nitrogen and oxygen atoms in total. The van der Waals surface area contributed by atoms with Crippen LogP contribution in [0.1, 0.15) is 98.3 Å². The van der Waals surface area contributed by atoms with Gasteiger partial charge in [-0.3, -0.25) is 4.79 Å². The number of epoxide rings is 1. The first-order chi connectivity index (χ1) is 14.2. The highest BCUT2D eigenvalue weighted by Crippen LogP contribution is 2.68. The number of rotatable bonds is 5. The van der Waals surface area contributed by atoms with Gasteiger partial charge in [-0.1, -0.05) is 33.6 Å². The zero-order chi connectivity index (χ0) is 21.3. The Morgan fingerprint density at radius 1 is 1.10 bits per heavy atom. The lowest BCUT2D eigenvalue weighted by atomic mass is 9.44. The maximum Gasteiger partial charge on any atom is 0.133 e. The molecule has 0 aromatic rings. The van der Waals surface area contributed by atoms with Crippen LogP contribution in [0.4, 0.5) is 0 Å². The van der Waals surface area contributed by atoms with Gasteiger partial charge in [0.05, 0.1) is 18.3 Å². The third-order valence-corrected chi connectivity index (χ3v) is 11.3. The number of hydrogen-bond acceptors (Lipinski definition) is 3. The van der Waals surface area contributed by atoms with Gasteiger partial charge < -0.3 is 9.84 Å². The number of Topliss-reactive ketones (excluding diaryl/α,β-unsaturated/α-hetero) is 1.